The fourth-order valence-electron chi connectivity index (χ4n) is 3.41. The molecule has 120 valence electrons. The van der Waals surface area contributed by atoms with Gasteiger partial charge in [-0.15, -0.1) is 0 Å². The largest absolute Gasteiger partial charge is 0.453 e. The van der Waals surface area contributed by atoms with Crippen LogP contribution in [-0.4, -0.2) is 29.6 Å². The minimum absolute atomic E-state index is 0.284. The number of benzene rings is 2. The zero-order valence-electron chi connectivity index (χ0n) is 13.5. The Hall–Kier alpha value is -2.88. The third-order valence-electron chi connectivity index (χ3n) is 4.54. The van der Waals surface area contributed by atoms with E-state index in [0.29, 0.717) is 13.1 Å². The number of nitrogens with zero attached hydrogens (tertiary/aromatic N) is 2. The van der Waals surface area contributed by atoms with Gasteiger partial charge in [0.1, 0.15) is 0 Å². The average molecular weight is 318 g/mol. The van der Waals surface area contributed by atoms with Gasteiger partial charge in [-0.1, -0.05) is 48.5 Å². The molecular weight excluding hydrogens is 300 g/mol. The molecule has 4 heteroatoms. The van der Waals surface area contributed by atoms with Gasteiger partial charge in [0, 0.05) is 29.6 Å². The number of carbonyl (C=O) groups is 1. The monoisotopic (exact) mass is 318 g/mol. The highest BCUT2D eigenvalue weighted by atomic mass is 16.5. The van der Waals surface area contributed by atoms with Gasteiger partial charge < -0.3 is 9.64 Å². The van der Waals surface area contributed by atoms with Gasteiger partial charge in [-0.05, 0) is 17.2 Å². The van der Waals surface area contributed by atoms with Crippen molar-refractivity contribution in [2.45, 2.75) is 13.0 Å². The third kappa shape index (κ3) is 2.40. The highest BCUT2D eigenvalue weighted by Gasteiger charge is 2.26. The second-order valence-electron chi connectivity index (χ2n) is 5.94. The maximum absolute atomic E-state index is 12.0. The smallest absolute Gasteiger partial charge is 0.409 e. The zero-order chi connectivity index (χ0) is 16.5. The van der Waals surface area contributed by atoms with E-state index in [4.69, 9.17) is 9.72 Å². The molecule has 0 saturated heterocycles. The predicted octanol–water partition coefficient (Wildman–Crippen LogP) is 4.03. The van der Waals surface area contributed by atoms with Crippen molar-refractivity contribution >= 4 is 17.0 Å². The number of para-hydroxylation sites is 1. The fraction of sp³-hybridized carbons (Fsp3) is 0.200. The standard InChI is InChI=1S/C20H18N2O2/c1-24-20(23)22-12-11-18-16(13-22)19(14-7-3-2-4-8-14)15-9-5-6-10-17(15)21-18/h2-10H,11-13H2,1H3. The van der Waals surface area contributed by atoms with Gasteiger partial charge in [0.25, 0.3) is 0 Å². The van der Waals surface area contributed by atoms with E-state index in [0.717, 1.165) is 34.1 Å². The van der Waals surface area contributed by atoms with Crippen LogP contribution in [0.4, 0.5) is 4.79 Å². The van der Waals surface area contributed by atoms with Crippen LogP contribution >= 0.6 is 0 Å². The normalized spacial score (nSPS) is 13.6. The molecule has 0 radical (unpaired) electrons. The number of pyridine rings is 1. The van der Waals surface area contributed by atoms with Crippen LogP contribution in [0.1, 0.15) is 11.3 Å². The molecule has 0 unspecified atom stereocenters. The van der Waals surface area contributed by atoms with Gasteiger partial charge in [0.2, 0.25) is 0 Å². The predicted molar refractivity (Wildman–Crippen MR) is 93.7 cm³/mol. The lowest BCUT2D eigenvalue weighted by Gasteiger charge is -2.29. The Morgan fingerprint density at radius 2 is 1.83 bits per heavy atom. The molecule has 1 aromatic heterocycles. The summed E-state index contributed by atoms with van der Waals surface area (Å²) in [6.07, 6.45) is 0.461. The van der Waals surface area contributed by atoms with Crippen LogP contribution in [0.25, 0.3) is 22.0 Å². The molecule has 24 heavy (non-hydrogen) atoms. The number of carbonyl (C=O) groups excluding carboxylic acids is 1. The number of aromatic nitrogens is 1. The van der Waals surface area contributed by atoms with E-state index in [1.165, 1.54) is 12.7 Å². The van der Waals surface area contributed by atoms with Crippen LogP contribution in [0.2, 0.25) is 0 Å². The average Bonchev–Trinajstić information content (AvgIpc) is 2.65. The Morgan fingerprint density at radius 3 is 2.62 bits per heavy atom. The molecule has 0 aliphatic carbocycles. The second-order valence-corrected chi connectivity index (χ2v) is 5.94. The van der Waals surface area contributed by atoms with Crippen LogP contribution in [0.5, 0.6) is 0 Å². The first-order valence-electron chi connectivity index (χ1n) is 8.06. The molecule has 4 rings (SSSR count). The molecule has 1 aliphatic heterocycles. The summed E-state index contributed by atoms with van der Waals surface area (Å²) in [6, 6.07) is 18.5. The Bertz CT molecular complexity index is 906. The van der Waals surface area contributed by atoms with Crippen LogP contribution in [0, 0.1) is 0 Å². The molecule has 0 N–H and O–H groups in total. The molecule has 0 atom stereocenters. The minimum Gasteiger partial charge on any atom is -0.453 e. The van der Waals surface area contributed by atoms with Crippen LogP contribution < -0.4 is 0 Å². The van der Waals surface area contributed by atoms with Crippen molar-refractivity contribution in [2.24, 2.45) is 0 Å². The van der Waals surface area contributed by atoms with E-state index in [2.05, 4.69) is 24.3 Å². The van der Waals surface area contributed by atoms with E-state index in [1.807, 2.05) is 30.3 Å². The van der Waals surface area contributed by atoms with Crippen molar-refractivity contribution < 1.29 is 9.53 Å². The highest BCUT2D eigenvalue weighted by Crippen LogP contribution is 2.35. The van der Waals surface area contributed by atoms with Gasteiger partial charge in [-0.3, -0.25) is 4.98 Å². The summed E-state index contributed by atoms with van der Waals surface area (Å²) < 4.78 is 4.90. The Morgan fingerprint density at radius 1 is 1.08 bits per heavy atom. The van der Waals surface area contributed by atoms with Crippen molar-refractivity contribution in [3.63, 3.8) is 0 Å². The van der Waals surface area contributed by atoms with E-state index in [-0.39, 0.29) is 6.09 Å². The lowest BCUT2D eigenvalue weighted by molar-refractivity contribution is 0.118. The van der Waals surface area contributed by atoms with Crippen molar-refractivity contribution in [3.05, 3.63) is 65.9 Å². The van der Waals surface area contributed by atoms with Crippen molar-refractivity contribution in [3.8, 4) is 11.1 Å². The van der Waals surface area contributed by atoms with Crippen LogP contribution in [0.15, 0.2) is 54.6 Å². The Labute approximate surface area is 140 Å². The number of amides is 1. The molecule has 2 aromatic carbocycles. The van der Waals surface area contributed by atoms with Gasteiger partial charge in [-0.2, -0.15) is 0 Å². The molecule has 0 bridgehead atoms. The number of methoxy groups -OCH3 is 1. The summed E-state index contributed by atoms with van der Waals surface area (Å²) in [6.45, 7) is 1.17. The first-order chi connectivity index (χ1) is 11.8. The van der Waals surface area contributed by atoms with Gasteiger partial charge >= 0.3 is 6.09 Å². The van der Waals surface area contributed by atoms with Gasteiger partial charge in [-0.25, -0.2) is 4.79 Å². The summed E-state index contributed by atoms with van der Waals surface area (Å²) in [5, 5.41) is 1.12. The van der Waals surface area contributed by atoms with E-state index in [9.17, 15) is 4.79 Å². The topological polar surface area (TPSA) is 42.4 Å². The minimum atomic E-state index is -0.284. The Kier molecular flexibility index (Phi) is 3.65. The summed E-state index contributed by atoms with van der Waals surface area (Å²) in [5.41, 5.74) is 5.52. The second kappa shape index (κ2) is 5.96. The van der Waals surface area contributed by atoms with Gasteiger partial charge in [0.15, 0.2) is 0 Å². The maximum atomic E-state index is 12.0. The van der Waals surface area contributed by atoms with Crippen molar-refractivity contribution in [1.82, 2.24) is 9.88 Å². The van der Waals surface area contributed by atoms with Crippen LogP contribution in [0.3, 0.4) is 0 Å². The lowest BCUT2D eigenvalue weighted by Crippen LogP contribution is -2.36. The molecule has 0 spiro atoms. The number of ether oxygens (including phenoxy) is 1. The highest BCUT2D eigenvalue weighted by molar-refractivity contribution is 5.96. The number of hydrogen-bond acceptors (Lipinski definition) is 3. The van der Waals surface area contributed by atoms with Gasteiger partial charge in [0.05, 0.1) is 19.2 Å². The summed E-state index contributed by atoms with van der Waals surface area (Å²) in [5.74, 6) is 0. The third-order valence-corrected chi connectivity index (χ3v) is 4.54. The first-order valence-corrected chi connectivity index (χ1v) is 8.06. The molecule has 2 heterocycles. The van der Waals surface area contributed by atoms with E-state index >= 15 is 0 Å². The first kappa shape index (κ1) is 14.7. The fourth-order valence-corrected chi connectivity index (χ4v) is 3.41. The number of rotatable bonds is 1. The lowest BCUT2D eigenvalue weighted by atomic mass is 9.91. The molecule has 3 aromatic rings. The molecular formula is C20H18N2O2. The number of fused-ring (bicyclic) bond motifs is 2. The maximum Gasteiger partial charge on any atom is 0.409 e. The number of hydrogen-bond donors (Lipinski definition) is 0. The SMILES string of the molecule is COC(=O)N1CCc2nc3ccccc3c(-c3ccccc3)c2C1. The molecule has 1 aliphatic rings. The van der Waals surface area contributed by atoms with E-state index in [1.54, 1.807) is 4.90 Å². The van der Waals surface area contributed by atoms with Crippen LogP contribution in [-0.2, 0) is 17.7 Å². The quantitative estimate of drug-likeness (QED) is 0.680. The van der Waals surface area contributed by atoms with E-state index < -0.39 is 0 Å². The molecule has 0 saturated carbocycles. The Balaban J connectivity index is 1.96. The molecule has 0 fully saturated rings. The molecule has 1 amide bonds. The zero-order valence-corrected chi connectivity index (χ0v) is 13.5. The summed E-state index contributed by atoms with van der Waals surface area (Å²) in [4.78, 5) is 18.6. The molecule has 4 nitrogen and oxygen atoms in total. The summed E-state index contributed by atoms with van der Waals surface area (Å²) in [7, 11) is 1.43. The van der Waals surface area contributed by atoms with Crippen molar-refractivity contribution in [1.29, 1.82) is 0 Å². The van der Waals surface area contributed by atoms with Crippen molar-refractivity contribution in [2.75, 3.05) is 13.7 Å². The summed E-state index contributed by atoms with van der Waals surface area (Å²) >= 11 is 0.